The molecule has 0 saturated carbocycles. The fraction of sp³-hybridized carbons (Fsp3) is 0.240. The number of H-pyrrole nitrogens is 1. The van der Waals surface area contributed by atoms with Crippen molar-refractivity contribution >= 4 is 34.1 Å². The van der Waals surface area contributed by atoms with Gasteiger partial charge in [0.2, 0.25) is 5.91 Å². The smallest absolute Gasteiger partial charge is 0.273 e. The number of methoxy groups -OCH3 is 1. The average Bonchev–Trinajstić information content (AvgIpc) is 3.52. The molecule has 33 heavy (non-hydrogen) atoms. The summed E-state index contributed by atoms with van der Waals surface area (Å²) in [5, 5.41) is 3.68. The second-order valence-electron chi connectivity index (χ2n) is 7.98. The molecule has 0 unspecified atom stereocenters. The van der Waals surface area contributed by atoms with E-state index in [-0.39, 0.29) is 11.8 Å². The predicted molar refractivity (Wildman–Crippen MR) is 129 cm³/mol. The van der Waals surface area contributed by atoms with E-state index in [0.29, 0.717) is 38.3 Å². The fourth-order valence-corrected chi connectivity index (χ4v) is 4.91. The quantitative estimate of drug-likeness (QED) is 0.491. The minimum atomic E-state index is -0.0882. The van der Waals surface area contributed by atoms with Crippen LogP contribution in [0.3, 0.4) is 0 Å². The Labute approximate surface area is 195 Å². The van der Waals surface area contributed by atoms with Crippen LogP contribution in [0.1, 0.15) is 16.1 Å². The zero-order chi connectivity index (χ0) is 22.8. The normalized spacial score (nSPS) is 14.0. The van der Waals surface area contributed by atoms with Crippen LogP contribution < -0.4 is 4.74 Å². The van der Waals surface area contributed by atoms with Crippen LogP contribution in [0.4, 0.5) is 0 Å². The molecular formula is C25H24N4O3S. The first-order chi connectivity index (χ1) is 16.1. The third-order valence-electron chi connectivity index (χ3n) is 6.00. The Bertz CT molecular complexity index is 1290. The lowest BCUT2D eigenvalue weighted by molar-refractivity contribution is -0.131. The average molecular weight is 461 g/mol. The number of carbonyl (C=O) groups is 2. The maximum atomic E-state index is 13.0. The molecule has 1 aliphatic heterocycles. The van der Waals surface area contributed by atoms with Gasteiger partial charge in [-0.3, -0.25) is 9.59 Å². The Balaban J connectivity index is 1.19. The van der Waals surface area contributed by atoms with E-state index < -0.39 is 0 Å². The Morgan fingerprint density at radius 1 is 1.03 bits per heavy atom. The summed E-state index contributed by atoms with van der Waals surface area (Å²) in [7, 11) is 1.63. The van der Waals surface area contributed by atoms with Crippen molar-refractivity contribution in [2.24, 2.45) is 0 Å². The van der Waals surface area contributed by atoms with Crippen LogP contribution in [-0.2, 0) is 11.2 Å². The number of nitrogens with one attached hydrogen (secondary N) is 1. The topological polar surface area (TPSA) is 78.5 Å². The number of thiazole rings is 1. The molecule has 3 heterocycles. The van der Waals surface area contributed by atoms with E-state index in [1.54, 1.807) is 17.4 Å². The van der Waals surface area contributed by atoms with Gasteiger partial charge in [-0.1, -0.05) is 18.2 Å². The molecule has 0 aliphatic carbocycles. The summed E-state index contributed by atoms with van der Waals surface area (Å²) >= 11 is 1.45. The molecule has 1 aliphatic rings. The number of carbonyl (C=O) groups excluding carboxylic acids is 2. The number of benzene rings is 2. The largest absolute Gasteiger partial charge is 0.497 e. The monoisotopic (exact) mass is 460 g/mol. The molecule has 1 N–H and O–H groups in total. The van der Waals surface area contributed by atoms with Crippen LogP contribution >= 0.6 is 11.3 Å². The Morgan fingerprint density at radius 2 is 1.76 bits per heavy atom. The van der Waals surface area contributed by atoms with Crippen molar-refractivity contribution in [3.63, 3.8) is 0 Å². The van der Waals surface area contributed by atoms with Crippen molar-refractivity contribution in [2.45, 2.75) is 6.42 Å². The molecule has 0 atom stereocenters. The van der Waals surface area contributed by atoms with Crippen molar-refractivity contribution in [3.8, 4) is 16.3 Å². The Morgan fingerprint density at radius 3 is 2.52 bits per heavy atom. The van der Waals surface area contributed by atoms with Gasteiger partial charge in [0.15, 0.2) is 0 Å². The van der Waals surface area contributed by atoms with E-state index >= 15 is 0 Å². The zero-order valence-electron chi connectivity index (χ0n) is 18.3. The lowest BCUT2D eigenvalue weighted by Crippen LogP contribution is -2.51. The standard InChI is InChI=1S/C25H24N4O3S/c1-32-19-8-6-17(7-9-19)24-27-22(16-33-24)25(31)29-12-10-28(11-13-29)23(30)14-18-15-26-21-5-3-2-4-20(18)21/h2-9,15-16,26H,10-14H2,1H3. The highest BCUT2D eigenvalue weighted by molar-refractivity contribution is 7.13. The second kappa shape index (κ2) is 9.07. The Hall–Kier alpha value is -3.65. The number of amides is 2. The number of para-hydroxylation sites is 1. The molecule has 1 saturated heterocycles. The highest BCUT2D eigenvalue weighted by Gasteiger charge is 2.26. The molecule has 2 aromatic carbocycles. The van der Waals surface area contributed by atoms with Crippen LogP contribution in [0.2, 0.25) is 0 Å². The van der Waals surface area contributed by atoms with Crippen LogP contribution in [0.5, 0.6) is 5.75 Å². The van der Waals surface area contributed by atoms with Gasteiger partial charge in [-0.05, 0) is 35.9 Å². The molecule has 7 nitrogen and oxygen atoms in total. The van der Waals surface area contributed by atoms with Crippen molar-refractivity contribution in [2.75, 3.05) is 33.3 Å². The van der Waals surface area contributed by atoms with Crippen molar-refractivity contribution in [1.82, 2.24) is 19.8 Å². The van der Waals surface area contributed by atoms with Crippen molar-refractivity contribution in [1.29, 1.82) is 0 Å². The van der Waals surface area contributed by atoms with Gasteiger partial charge in [-0.15, -0.1) is 11.3 Å². The molecule has 0 bridgehead atoms. The third-order valence-corrected chi connectivity index (χ3v) is 6.89. The number of hydrogen-bond acceptors (Lipinski definition) is 5. The highest BCUT2D eigenvalue weighted by atomic mass is 32.1. The first-order valence-corrected chi connectivity index (χ1v) is 11.7. The summed E-state index contributed by atoms with van der Waals surface area (Å²) in [5.74, 6) is 0.778. The lowest BCUT2D eigenvalue weighted by atomic mass is 10.1. The molecule has 2 aromatic heterocycles. The minimum absolute atomic E-state index is 0.0855. The number of piperazine rings is 1. The van der Waals surface area contributed by atoms with Gasteiger partial charge >= 0.3 is 0 Å². The summed E-state index contributed by atoms with van der Waals surface area (Å²) in [6.45, 7) is 2.08. The SMILES string of the molecule is COc1ccc(-c2nc(C(=O)N3CCN(C(=O)Cc4c[nH]c5ccccc45)CC3)cs2)cc1. The van der Waals surface area contributed by atoms with E-state index in [4.69, 9.17) is 4.74 Å². The third kappa shape index (κ3) is 4.34. The molecule has 0 spiro atoms. The molecule has 4 aromatic rings. The molecule has 2 amide bonds. The first kappa shape index (κ1) is 21.2. The summed E-state index contributed by atoms with van der Waals surface area (Å²) in [6.07, 6.45) is 2.26. The molecule has 168 valence electrons. The number of aromatic nitrogens is 2. The summed E-state index contributed by atoms with van der Waals surface area (Å²) in [4.78, 5) is 37.2. The van der Waals surface area contributed by atoms with E-state index in [2.05, 4.69) is 9.97 Å². The van der Waals surface area contributed by atoms with Crippen LogP contribution in [0.15, 0.2) is 60.1 Å². The second-order valence-corrected chi connectivity index (χ2v) is 8.83. The Kier molecular flexibility index (Phi) is 5.83. The fourth-order valence-electron chi connectivity index (χ4n) is 4.11. The first-order valence-electron chi connectivity index (χ1n) is 10.8. The maximum Gasteiger partial charge on any atom is 0.273 e. The minimum Gasteiger partial charge on any atom is -0.497 e. The van der Waals surface area contributed by atoms with Gasteiger partial charge in [0, 0.05) is 54.2 Å². The highest BCUT2D eigenvalue weighted by Crippen LogP contribution is 2.26. The number of nitrogens with zero attached hydrogens (tertiary/aromatic N) is 3. The number of hydrogen-bond donors (Lipinski definition) is 1. The molecule has 5 rings (SSSR count). The van der Waals surface area contributed by atoms with E-state index in [1.165, 1.54) is 11.3 Å². The summed E-state index contributed by atoms with van der Waals surface area (Å²) in [5.41, 5.74) is 3.44. The molecule has 0 radical (unpaired) electrons. The molecule has 1 fully saturated rings. The van der Waals surface area contributed by atoms with Gasteiger partial charge in [0.05, 0.1) is 13.5 Å². The lowest BCUT2D eigenvalue weighted by Gasteiger charge is -2.34. The number of aromatic amines is 1. The number of ether oxygens (including phenoxy) is 1. The number of rotatable bonds is 5. The zero-order valence-corrected chi connectivity index (χ0v) is 19.1. The van der Waals surface area contributed by atoms with Gasteiger partial charge in [0.1, 0.15) is 16.5 Å². The van der Waals surface area contributed by atoms with Crippen molar-refractivity contribution in [3.05, 3.63) is 71.4 Å². The van der Waals surface area contributed by atoms with E-state index in [9.17, 15) is 9.59 Å². The van der Waals surface area contributed by atoms with Crippen molar-refractivity contribution < 1.29 is 14.3 Å². The van der Waals surface area contributed by atoms with Gasteiger partial charge in [0.25, 0.3) is 5.91 Å². The molecule has 8 heteroatoms. The van der Waals surface area contributed by atoms with Crippen LogP contribution in [0, 0.1) is 0 Å². The summed E-state index contributed by atoms with van der Waals surface area (Å²) in [6, 6.07) is 15.6. The summed E-state index contributed by atoms with van der Waals surface area (Å²) < 4.78 is 5.19. The number of fused-ring (bicyclic) bond motifs is 1. The predicted octanol–water partition coefficient (Wildman–Crippen LogP) is 3.83. The maximum absolute atomic E-state index is 13.0. The van der Waals surface area contributed by atoms with Crippen LogP contribution in [-0.4, -0.2) is 64.9 Å². The van der Waals surface area contributed by atoms with Gasteiger partial charge in [-0.25, -0.2) is 4.98 Å². The van der Waals surface area contributed by atoms with Gasteiger partial charge < -0.3 is 19.5 Å². The van der Waals surface area contributed by atoms with E-state index in [1.807, 2.05) is 59.6 Å². The van der Waals surface area contributed by atoms with Gasteiger partial charge in [-0.2, -0.15) is 0 Å². The molecular weight excluding hydrogens is 436 g/mol. The van der Waals surface area contributed by atoms with Crippen LogP contribution in [0.25, 0.3) is 21.5 Å². The van der Waals surface area contributed by atoms with E-state index in [0.717, 1.165) is 32.8 Å².